The summed E-state index contributed by atoms with van der Waals surface area (Å²) in [5, 5.41) is 4.05. The first-order valence-electron chi connectivity index (χ1n) is 6.29. The van der Waals surface area contributed by atoms with E-state index in [0.717, 1.165) is 38.2 Å². The maximum absolute atomic E-state index is 12.3. The lowest BCUT2D eigenvalue weighted by Gasteiger charge is -2.23. The Bertz CT molecular complexity index is 416. The van der Waals surface area contributed by atoms with Crippen LogP contribution >= 0.6 is 0 Å². The van der Waals surface area contributed by atoms with Crippen LogP contribution in [-0.2, 0) is 11.8 Å². The lowest BCUT2D eigenvalue weighted by molar-refractivity contribution is -0.132. The zero-order chi connectivity index (χ0) is 13.1. The number of aromatic nitrogens is 2. The highest BCUT2D eigenvalue weighted by Crippen LogP contribution is 2.13. The minimum absolute atomic E-state index is 0.00157. The van der Waals surface area contributed by atoms with Gasteiger partial charge in [0.2, 0.25) is 5.91 Å². The van der Waals surface area contributed by atoms with Gasteiger partial charge < -0.3 is 15.5 Å². The highest BCUT2D eigenvalue weighted by Gasteiger charge is 2.24. The molecule has 1 unspecified atom stereocenters. The highest BCUT2D eigenvalue weighted by molar-refractivity contribution is 5.83. The number of nitrogens with two attached hydrogens (primary N) is 1. The molecule has 0 spiro atoms. The Labute approximate surface area is 107 Å². The number of amides is 1. The predicted octanol–water partition coefficient (Wildman–Crippen LogP) is -0.416. The molecule has 0 bridgehead atoms. The second kappa shape index (κ2) is 5.49. The van der Waals surface area contributed by atoms with Gasteiger partial charge >= 0.3 is 0 Å². The Morgan fingerprint density at radius 2 is 2.11 bits per heavy atom. The normalized spacial score (nSPS) is 19.6. The van der Waals surface area contributed by atoms with Crippen molar-refractivity contribution in [3.8, 4) is 0 Å². The molecule has 100 valence electrons. The van der Waals surface area contributed by atoms with Crippen LogP contribution in [0.15, 0.2) is 12.4 Å². The van der Waals surface area contributed by atoms with Gasteiger partial charge in [0, 0.05) is 38.4 Å². The quantitative estimate of drug-likeness (QED) is 0.775. The first-order chi connectivity index (χ1) is 8.58. The van der Waals surface area contributed by atoms with Crippen LogP contribution in [0.2, 0.25) is 0 Å². The van der Waals surface area contributed by atoms with E-state index in [1.165, 1.54) is 0 Å². The van der Waals surface area contributed by atoms with E-state index in [-0.39, 0.29) is 5.91 Å². The van der Waals surface area contributed by atoms with Crippen LogP contribution in [0.5, 0.6) is 0 Å². The number of likely N-dealkylation sites (N-methyl/N-ethyl adjacent to an activating group) is 1. The Morgan fingerprint density at radius 1 is 1.33 bits per heavy atom. The zero-order valence-electron chi connectivity index (χ0n) is 11.0. The molecule has 1 aromatic heterocycles. The van der Waals surface area contributed by atoms with E-state index < -0.39 is 6.04 Å². The molecule has 1 aliphatic rings. The van der Waals surface area contributed by atoms with Gasteiger partial charge in [-0.15, -0.1) is 0 Å². The molecule has 0 radical (unpaired) electrons. The summed E-state index contributed by atoms with van der Waals surface area (Å²) >= 11 is 0. The van der Waals surface area contributed by atoms with E-state index in [1.807, 2.05) is 11.9 Å². The third-order valence-electron chi connectivity index (χ3n) is 3.38. The number of hydrogen-bond acceptors (Lipinski definition) is 4. The molecule has 1 aliphatic heterocycles. The van der Waals surface area contributed by atoms with Crippen LogP contribution in [0.4, 0.5) is 0 Å². The topological polar surface area (TPSA) is 67.4 Å². The first kappa shape index (κ1) is 13.0. The second-order valence-corrected chi connectivity index (χ2v) is 4.91. The van der Waals surface area contributed by atoms with Crippen LogP contribution in [-0.4, -0.2) is 58.7 Å². The molecule has 0 aromatic carbocycles. The lowest BCUT2D eigenvalue weighted by Crippen LogP contribution is -2.40. The minimum Gasteiger partial charge on any atom is -0.340 e. The Balaban J connectivity index is 2.01. The molecule has 1 aromatic rings. The van der Waals surface area contributed by atoms with Crippen molar-refractivity contribution in [2.75, 3.05) is 33.2 Å². The molecule has 2 rings (SSSR count). The number of carbonyl (C=O) groups excluding carboxylic acids is 1. The van der Waals surface area contributed by atoms with E-state index in [1.54, 1.807) is 17.1 Å². The van der Waals surface area contributed by atoms with Gasteiger partial charge in [0.15, 0.2) is 0 Å². The van der Waals surface area contributed by atoms with Gasteiger partial charge in [0.05, 0.1) is 6.20 Å². The molecule has 1 amide bonds. The maximum atomic E-state index is 12.3. The number of hydrogen-bond donors (Lipinski definition) is 1. The third-order valence-corrected chi connectivity index (χ3v) is 3.38. The van der Waals surface area contributed by atoms with E-state index >= 15 is 0 Å². The highest BCUT2D eigenvalue weighted by atomic mass is 16.2. The molecular formula is C12H21N5O. The summed E-state index contributed by atoms with van der Waals surface area (Å²) in [7, 11) is 3.90. The summed E-state index contributed by atoms with van der Waals surface area (Å²) in [5.41, 5.74) is 6.79. The smallest absolute Gasteiger partial charge is 0.244 e. The summed E-state index contributed by atoms with van der Waals surface area (Å²) in [6.07, 6.45) is 4.46. The molecule has 1 saturated heterocycles. The average Bonchev–Trinajstić information content (AvgIpc) is 2.66. The van der Waals surface area contributed by atoms with E-state index in [0.29, 0.717) is 0 Å². The van der Waals surface area contributed by atoms with Crippen molar-refractivity contribution in [1.82, 2.24) is 19.6 Å². The number of carbonyl (C=O) groups is 1. The van der Waals surface area contributed by atoms with Gasteiger partial charge in [0.25, 0.3) is 0 Å². The predicted molar refractivity (Wildman–Crippen MR) is 68.8 cm³/mol. The molecule has 0 saturated carbocycles. The summed E-state index contributed by atoms with van der Waals surface area (Å²) in [4.78, 5) is 16.4. The van der Waals surface area contributed by atoms with Crippen molar-refractivity contribution in [2.45, 2.75) is 12.5 Å². The molecule has 2 heterocycles. The molecule has 1 atom stereocenters. The van der Waals surface area contributed by atoms with E-state index in [4.69, 9.17) is 5.73 Å². The fourth-order valence-corrected chi connectivity index (χ4v) is 2.21. The van der Waals surface area contributed by atoms with Crippen molar-refractivity contribution in [1.29, 1.82) is 0 Å². The molecule has 18 heavy (non-hydrogen) atoms. The number of nitrogens with zero attached hydrogens (tertiary/aromatic N) is 4. The standard InChI is InChI=1S/C12H21N5O/c1-15-4-3-5-17(7-6-15)12(18)11(13)10-8-14-16(2)9-10/h8-9,11H,3-7,13H2,1-2H3. The molecular weight excluding hydrogens is 230 g/mol. The molecule has 1 fully saturated rings. The Hall–Kier alpha value is -1.40. The van der Waals surface area contributed by atoms with Gasteiger partial charge in [-0.2, -0.15) is 5.10 Å². The van der Waals surface area contributed by atoms with E-state index in [2.05, 4.69) is 17.0 Å². The monoisotopic (exact) mass is 251 g/mol. The number of rotatable bonds is 2. The lowest BCUT2D eigenvalue weighted by atomic mass is 10.1. The number of aryl methyl sites for hydroxylation is 1. The summed E-state index contributed by atoms with van der Waals surface area (Å²) in [6, 6.07) is -0.595. The van der Waals surface area contributed by atoms with Crippen molar-refractivity contribution in [2.24, 2.45) is 12.8 Å². The largest absolute Gasteiger partial charge is 0.340 e. The first-order valence-corrected chi connectivity index (χ1v) is 6.29. The van der Waals surface area contributed by atoms with E-state index in [9.17, 15) is 4.79 Å². The van der Waals surface area contributed by atoms with Gasteiger partial charge in [-0.25, -0.2) is 0 Å². The van der Waals surface area contributed by atoms with Crippen LogP contribution in [0.1, 0.15) is 18.0 Å². The second-order valence-electron chi connectivity index (χ2n) is 4.91. The van der Waals surface area contributed by atoms with Gasteiger partial charge in [0.1, 0.15) is 6.04 Å². The Morgan fingerprint density at radius 3 is 2.78 bits per heavy atom. The van der Waals surface area contributed by atoms with Crippen molar-refractivity contribution < 1.29 is 4.79 Å². The van der Waals surface area contributed by atoms with Gasteiger partial charge in [-0.1, -0.05) is 0 Å². The molecule has 2 N–H and O–H groups in total. The zero-order valence-corrected chi connectivity index (χ0v) is 11.0. The maximum Gasteiger partial charge on any atom is 0.244 e. The van der Waals surface area contributed by atoms with Crippen molar-refractivity contribution in [3.63, 3.8) is 0 Å². The average molecular weight is 251 g/mol. The van der Waals surface area contributed by atoms with Crippen LogP contribution in [0, 0.1) is 0 Å². The van der Waals surface area contributed by atoms with Crippen LogP contribution in [0.3, 0.4) is 0 Å². The van der Waals surface area contributed by atoms with Crippen LogP contribution in [0.25, 0.3) is 0 Å². The third kappa shape index (κ3) is 2.88. The van der Waals surface area contributed by atoms with Crippen LogP contribution < -0.4 is 5.73 Å². The SMILES string of the molecule is CN1CCCN(C(=O)C(N)c2cnn(C)c2)CC1. The van der Waals surface area contributed by atoms with Gasteiger partial charge in [-0.3, -0.25) is 9.48 Å². The van der Waals surface area contributed by atoms with Crippen molar-refractivity contribution in [3.05, 3.63) is 18.0 Å². The fourth-order valence-electron chi connectivity index (χ4n) is 2.21. The molecule has 6 nitrogen and oxygen atoms in total. The summed E-state index contributed by atoms with van der Waals surface area (Å²) in [5.74, 6) is -0.00157. The van der Waals surface area contributed by atoms with Gasteiger partial charge in [-0.05, 0) is 20.0 Å². The molecule has 0 aliphatic carbocycles. The fraction of sp³-hybridized carbons (Fsp3) is 0.667. The summed E-state index contributed by atoms with van der Waals surface area (Å²) in [6.45, 7) is 3.48. The summed E-state index contributed by atoms with van der Waals surface area (Å²) < 4.78 is 1.67. The van der Waals surface area contributed by atoms with Crippen molar-refractivity contribution >= 4 is 5.91 Å². The minimum atomic E-state index is -0.595. The molecule has 6 heteroatoms. The Kier molecular flexibility index (Phi) is 3.98.